The van der Waals surface area contributed by atoms with E-state index in [0.717, 1.165) is 0 Å². The number of carbonyl (C=O) groups is 2. The Morgan fingerprint density at radius 3 is 2.23 bits per heavy atom. The molecule has 0 fully saturated rings. The maximum atomic E-state index is 12.2. The minimum absolute atomic E-state index is 0.272. The summed E-state index contributed by atoms with van der Waals surface area (Å²) in [5.74, 6) is -2.82. The van der Waals surface area contributed by atoms with Crippen molar-refractivity contribution in [3.63, 3.8) is 0 Å². The first-order valence-electron chi connectivity index (χ1n) is 6.90. The van der Waals surface area contributed by atoms with Gasteiger partial charge in [0, 0.05) is 17.2 Å². The van der Waals surface area contributed by atoms with Crippen molar-refractivity contribution < 1.29 is 19.4 Å². The number of ether oxygens (including phenoxy) is 1. The second-order valence-corrected chi connectivity index (χ2v) is 5.09. The molecule has 0 unspecified atom stereocenters. The molecule has 0 spiro atoms. The van der Waals surface area contributed by atoms with Crippen molar-refractivity contribution in [3.05, 3.63) is 77.9 Å². The van der Waals surface area contributed by atoms with Gasteiger partial charge >= 0.3 is 0 Å². The van der Waals surface area contributed by atoms with Gasteiger partial charge in [-0.3, -0.25) is 9.59 Å². The average Bonchev–Trinajstić information content (AvgIpc) is 2.84. The van der Waals surface area contributed by atoms with Gasteiger partial charge in [0.1, 0.15) is 5.76 Å². The first-order chi connectivity index (χ1) is 10.6. The zero-order chi connectivity index (χ0) is 15.6. The lowest BCUT2D eigenvalue weighted by atomic mass is 10.0. The number of ketones is 2. The van der Waals surface area contributed by atoms with Gasteiger partial charge in [0.25, 0.3) is 5.79 Å². The molecule has 4 heteroatoms. The Kier molecular flexibility index (Phi) is 3.61. The summed E-state index contributed by atoms with van der Waals surface area (Å²) in [5, 5.41) is 10.4. The molecule has 1 aliphatic heterocycles. The summed E-state index contributed by atoms with van der Waals surface area (Å²) in [5.41, 5.74) is 1.11. The Balaban J connectivity index is 1.78. The Morgan fingerprint density at radius 1 is 1.00 bits per heavy atom. The molecule has 0 amide bonds. The third-order valence-electron chi connectivity index (χ3n) is 3.48. The second-order valence-electron chi connectivity index (χ2n) is 5.09. The molecule has 0 aromatic heterocycles. The lowest BCUT2D eigenvalue weighted by molar-refractivity contribution is -0.167. The largest absolute Gasteiger partial charge is 0.453 e. The van der Waals surface area contributed by atoms with Crippen LogP contribution in [0.15, 0.2) is 66.7 Å². The Morgan fingerprint density at radius 2 is 1.59 bits per heavy atom. The molecule has 1 N–H and O–H groups in total. The number of hydrogen-bond donors (Lipinski definition) is 1. The van der Waals surface area contributed by atoms with Crippen molar-refractivity contribution in [1.29, 1.82) is 0 Å². The number of hydrogen-bond acceptors (Lipinski definition) is 4. The number of aliphatic hydroxyl groups is 1. The smallest absolute Gasteiger partial charge is 0.279 e. The van der Waals surface area contributed by atoms with Crippen LogP contribution >= 0.6 is 0 Å². The molecule has 0 saturated heterocycles. The van der Waals surface area contributed by atoms with E-state index >= 15 is 0 Å². The van der Waals surface area contributed by atoms with Crippen LogP contribution in [0.4, 0.5) is 0 Å². The first-order valence-corrected chi connectivity index (χ1v) is 6.90. The third kappa shape index (κ3) is 2.69. The van der Waals surface area contributed by atoms with E-state index in [2.05, 4.69) is 0 Å². The number of carbonyl (C=O) groups excluding carboxylic acids is 2. The summed E-state index contributed by atoms with van der Waals surface area (Å²) < 4.78 is 5.39. The van der Waals surface area contributed by atoms with E-state index in [4.69, 9.17) is 4.74 Å². The second kappa shape index (κ2) is 5.58. The van der Waals surface area contributed by atoms with Crippen molar-refractivity contribution in [2.24, 2.45) is 0 Å². The van der Waals surface area contributed by atoms with Crippen molar-refractivity contribution >= 4 is 17.3 Å². The zero-order valence-corrected chi connectivity index (χ0v) is 11.7. The molecular weight excluding hydrogens is 280 g/mol. The van der Waals surface area contributed by atoms with Crippen LogP contribution in [-0.2, 0) is 9.53 Å². The number of benzene rings is 2. The van der Waals surface area contributed by atoms with E-state index in [-0.39, 0.29) is 11.5 Å². The van der Waals surface area contributed by atoms with Crippen molar-refractivity contribution in [1.82, 2.24) is 0 Å². The molecule has 1 atom stereocenters. The van der Waals surface area contributed by atoms with Gasteiger partial charge in [-0.15, -0.1) is 0 Å². The standard InChI is InChI=1S/C18H14O4/c19-15(13-7-3-1-4-8-13)12-18(21)17(20)11-16(22-18)14-9-5-2-6-10-14/h1-11,21H,12H2/t18-/m0/s1. The minimum Gasteiger partial charge on any atom is -0.453 e. The summed E-state index contributed by atoms with van der Waals surface area (Å²) in [7, 11) is 0. The topological polar surface area (TPSA) is 63.6 Å². The Bertz CT molecular complexity index is 734. The first kappa shape index (κ1) is 14.2. The molecule has 1 aliphatic rings. The van der Waals surface area contributed by atoms with Gasteiger partial charge in [0.2, 0.25) is 5.78 Å². The lowest BCUT2D eigenvalue weighted by Gasteiger charge is -2.21. The van der Waals surface area contributed by atoms with E-state index in [9.17, 15) is 14.7 Å². The zero-order valence-electron chi connectivity index (χ0n) is 11.7. The quantitative estimate of drug-likeness (QED) is 0.880. The van der Waals surface area contributed by atoms with Crippen molar-refractivity contribution in [3.8, 4) is 0 Å². The molecular formula is C18H14O4. The summed E-state index contributed by atoms with van der Waals surface area (Å²) in [6.45, 7) is 0. The maximum Gasteiger partial charge on any atom is 0.279 e. The fourth-order valence-corrected chi connectivity index (χ4v) is 2.31. The minimum atomic E-state index is -2.13. The van der Waals surface area contributed by atoms with E-state index in [1.807, 2.05) is 6.07 Å². The van der Waals surface area contributed by atoms with Gasteiger partial charge in [0.05, 0.1) is 6.42 Å². The highest BCUT2D eigenvalue weighted by Gasteiger charge is 2.45. The molecule has 22 heavy (non-hydrogen) atoms. The van der Waals surface area contributed by atoms with Crippen molar-refractivity contribution in [2.75, 3.05) is 0 Å². The Labute approximate surface area is 127 Å². The van der Waals surface area contributed by atoms with Crippen LogP contribution in [0.5, 0.6) is 0 Å². The lowest BCUT2D eigenvalue weighted by Crippen LogP contribution is -2.38. The van der Waals surface area contributed by atoms with Gasteiger partial charge in [-0.05, 0) is 0 Å². The summed E-state index contributed by atoms with van der Waals surface area (Å²) in [6.07, 6.45) is 0.816. The van der Waals surface area contributed by atoms with E-state index in [1.165, 1.54) is 6.08 Å². The van der Waals surface area contributed by atoms with E-state index in [1.54, 1.807) is 54.6 Å². The normalized spacial score (nSPS) is 20.4. The highest BCUT2D eigenvalue weighted by atomic mass is 16.6. The van der Waals surface area contributed by atoms with Gasteiger partial charge in [-0.2, -0.15) is 0 Å². The molecule has 1 heterocycles. The van der Waals surface area contributed by atoms with Gasteiger partial charge in [0.15, 0.2) is 5.78 Å². The number of Topliss-reactive ketones (excluding diaryl/α,β-unsaturated/α-hetero) is 1. The van der Waals surface area contributed by atoms with Crippen LogP contribution in [0.1, 0.15) is 22.3 Å². The van der Waals surface area contributed by atoms with E-state index < -0.39 is 18.0 Å². The SMILES string of the molecule is O=C(C[C@]1(O)OC(c2ccccc2)=CC1=O)c1ccccc1. The molecule has 4 nitrogen and oxygen atoms in total. The molecule has 0 bridgehead atoms. The fourth-order valence-electron chi connectivity index (χ4n) is 2.31. The Hall–Kier alpha value is -2.72. The van der Waals surface area contributed by atoms with Crippen LogP contribution in [-0.4, -0.2) is 22.5 Å². The molecule has 110 valence electrons. The van der Waals surface area contributed by atoms with Crippen LogP contribution in [0.25, 0.3) is 5.76 Å². The van der Waals surface area contributed by atoms with E-state index in [0.29, 0.717) is 11.1 Å². The van der Waals surface area contributed by atoms with Crippen LogP contribution in [0, 0.1) is 0 Å². The highest BCUT2D eigenvalue weighted by molar-refractivity contribution is 6.08. The summed E-state index contributed by atoms with van der Waals surface area (Å²) in [4.78, 5) is 24.2. The van der Waals surface area contributed by atoms with Gasteiger partial charge < -0.3 is 9.84 Å². The molecule has 2 aromatic carbocycles. The summed E-state index contributed by atoms with van der Waals surface area (Å²) >= 11 is 0. The van der Waals surface area contributed by atoms with Crippen LogP contribution in [0.2, 0.25) is 0 Å². The molecule has 0 aliphatic carbocycles. The summed E-state index contributed by atoms with van der Waals surface area (Å²) in [6, 6.07) is 17.5. The van der Waals surface area contributed by atoms with Crippen LogP contribution < -0.4 is 0 Å². The predicted octanol–water partition coefficient (Wildman–Crippen LogP) is 2.59. The van der Waals surface area contributed by atoms with Gasteiger partial charge in [-0.25, -0.2) is 0 Å². The van der Waals surface area contributed by atoms with Crippen molar-refractivity contribution in [2.45, 2.75) is 12.2 Å². The van der Waals surface area contributed by atoms with Gasteiger partial charge in [-0.1, -0.05) is 60.7 Å². The fraction of sp³-hybridized carbons (Fsp3) is 0.111. The molecule has 0 radical (unpaired) electrons. The highest BCUT2D eigenvalue weighted by Crippen LogP contribution is 2.32. The number of rotatable bonds is 4. The monoisotopic (exact) mass is 294 g/mol. The third-order valence-corrected chi connectivity index (χ3v) is 3.48. The molecule has 0 saturated carbocycles. The average molecular weight is 294 g/mol. The maximum absolute atomic E-state index is 12.2. The van der Waals surface area contributed by atoms with Crippen LogP contribution in [0.3, 0.4) is 0 Å². The predicted molar refractivity (Wildman–Crippen MR) is 80.9 cm³/mol. The molecule has 2 aromatic rings. The molecule has 3 rings (SSSR count).